The summed E-state index contributed by atoms with van der Waals surface area (Å²) >= 11 is 10.7. The normalized spacial score (nSPS) is 16.3. The van der Waals surface area contributed by atoms with E-state index in [1.165, 1.54) is 17.3 Å². The van der Waals surface area contributed by atoms with Gasteiger partial charge in [-0.05, 0) is 120 Å². The van der Waals surface area contributed by atoms with E-state index in [0.717, 1.165) is 28.1 Å². The minimum Gasteiger partial charge on any atom is -0.506 e. The number of halogens is 2. The van der Waals surface area contributed by atoms with Crippen molar-refractivity contribution >= 4 is 67.8 Å². The van der Waals surface area contributed by atoms with Gasteiger partial charge >= 0.3 is 0 Å². The third-order valence-corrected chi connectivity index (χ3v) is 7.41. The summed E-state index contributed by atoms with van der Waals surface area (Å²) in [6.07, 6.45) is 1.65. The third-order valence-electron chi connectivity index (χ3n) is 5.61. The Bertz CT molecular complexity index is 1350. The van der Waals surface area contributed by atoms with Crippen LogP contribution >= 0.6 is 39.3 Å². The van der Waals surface area contributed by atoms with Crippen LogP contribution in [0, 0.1) is 27.7 Å². The van der Waals surface area contributed by atoms with Gasteiger partial charge in [0, 0.05) is 10.6 Å². The number of carbonyl (C=O) groups excluding carboxylic acids is 1. The van der Waals surface area contributed by atoms with E-state index in [1.807, 2.05) is 57.2 Å². The molecule has 0 aliphatic carbocycles. The van der Waals surface area contributed by atoms with Crippen LogP contribution in [0.3, 0.4) is 0 Å². The fraction of sp³-hybridized carbons (Fsp3) is 0.154. The SMILES string of the molecule is Cc1ccc(N=C2S/C(=C\c3cc(Cl)cc(Br)c3O)C(=O)N2c2ccc(C)c(C)c2)cc1C. The highest BCUT2D eigenvalue weighted by Crippen LogP contribution is 2.40. The highest BCUT2D eigenvalue weighted by Gasteiger charge is 2.35. The maximum absolute atomic E-state index is 13.5. The Morgan fingerprint density at radius 1 is 0.970 bits per heavy atom. The van der Waals surface area contributed by atoms with Crippen LogP contribution in [0.2, 0.25) is 5.02 Å². The van der Waals surface area contributed by atoms with E-state index in [0.29, 0.717) is 25.1 Å². The molecule has 1 amide bonds. The number of thioether (sulfide) groups is 1. The number of amides is 1. The van der Waals surface area contributed by atoms with Gasteiger partial charge in [-0.2, -0.15) is 0 Å². The average molecular weight is 542 g/mol. The molecule has 0 saturated carbocycles. The van der Waals surface area contributed by atoms with E-state index in [2.05, 4.69) is 22.9 Å². The van der Waals surface area contributed by atoms with Crippen molar-refractivity contribution in [2.75, 3.05) is 4.90 Å². The van der Waals surface area contributed by atoms with Crippen LogP contribution in [0.4, 0.5) is 11.4 Å². The van der Waals surface area contributed by atoms with E-state index < -0.39 is 0 Å². The number of phenolic OH excluding ortho intramolecular Hbond substituents is 1. The average Bonchev–Trinajstić information content (AvgIpc) is 3.05. The molecule has 1 fully saturated rings. The minimum absolute atomic E-state index is 0.0255. The Kier molecular flexibility index (Phi) is 6.71. The van der Waals surface area contributed by atoms with Crippen LogP contribution in [0.1, 0.15) is 27.8 Å². The lowest BCUT2D eigenvalue weighted by Crippen LogP contribution is -2.28. The molecule has 7 heteroatoms. The van der Waals surface area contributed by atoms with Crippen molar-refractivity contribution in [3.8, 4) is 5.75 Å². The summed E-state index contributed by atoms with van der Waals surface area (Å²) in [5.74, 6) is -0.182. The highest BCUT2D eigenvalue weighted by atomic mass is 79.9. The molecule has 3 aromatic rings. The molecule has 1 aliphatic heterocycles. The van der Waals surface area contributed by atoms with Gasteiger partial charge in [0.15, 0.2) is 5.17 Å². The molecule has 0 unspecified atom stereocenters. The number of phenols is 1. The zero-order valence-corrected chi connectivity index (χ0v) is 21.8. The molecule has 1 aliphatic rings. The van der Waals surface area contributed by atoms with Crippen molar-refractivity contribution in [2.45, 2.75) is 27.7 Å². The second-order valence-electron chi connectivity index (χ2n) is 8.01. The minimum atomic E-state index is -0.207. The number of benzene rings is 3. The number of hydrogen-bond donors (Lipinski definition) is 1. The summed E-state index contributed by atoms with van der Waals surface area (Å²) in [5, 5.41) is 11.5. The predicted molar refractivity (Wildman–Crippen MR) is 143 cm³/mol. The molecule has 1 N–H and O–H groups in total. The van der Waals surface area contributed by atoms with Gasteiger partial charge in [0.2, 0.25) is 0 Å². The molecule has 1 heterocycles. The van der Waals surface area contributed by atoms with Gasteiger partial charge in [-0.1, -0.05) is 23.7 Å². The fourth-order valence-corrected chi connectivity index (χ4v) is 5.21. The molecule has 4 nitrogen and oxygen atoms in total. The van der Waals surface area contributed by atoms with Gasteiger partial charge in [-0.3, -0.25) is 9.69 Å². The van der Waals surface area contributed by atoms with E-state index in [4.69, 9.17) is 16.6 Å². The summed E-state index contributed by atoms with van der Waals surface area (Å²) in [5.41, 5.74) is 6.53. The topological polar surface area (TPSA) is 52.9 Å². The monoisotopic (exact) mass is 540 g/mol. The van der Waals surface area contributed by atoms with E-state index >= 15 is 0 Å². The van der Waals surface area contributed by atoms with Gasteiger partial charge in [-0.25, -0.2) is 4.99 Å². The maximum atomic E-state index is 13.5. The number of aryl methyl sites for hydroxylation is 4. The number of anilines is 1. The van der Waals surface area contributed by atoms with Gasteiger partial charge < -0.3 is 5.11 Å². The summed E-state index contributed by atoms with van der Waals surface area (Å²) < 4.78 is 0.465. The summed E-state index contributed by atoms with van der Waals surface area (Å²) in [7, 11) is 0. The van der Waals surface area contributed by atoms with Gasteiger partial charge in [-0.15, -0.1) is 0 Å². The molecular weight excluding hydrogens is 520 g/mol. The zero-order chi connectivity index (χ0) is 23.9. The van der Waals surface area contributed by atoms with E-state index in [-0.39, 0.29) is 11.7 Å². The lowest BCUT2D eigenvalue weighted by atomic mass is 10.1. The molecule has 0 radical (unpaired) electrons. The van der Waals surface area contributed by atoms with Crippen LogP contribution in [-0.4, -0.2) is 16.2 Å². The molecule has 0 bridgehead atoms. The van der Waals surface area contributed by atoms with Gasteiger partial charge in [0.1, 0.15) is 5.75 Å². The second-order valence-corrected chi connectivity index (χ2v) is 10.3. The number of hydrogen-bond acceptors (Lipinski definition) is 4. The molecule has 0 aromatic heterocycles. The second kappa shape index (κ2) is 9.37. The van der Waals surface area contributed by atoms with Crippen molar-refractivity contribution in [3.63, 3.8) is 0 Å². The molecule has 3 aromatic carbocycles. The zero-order valence-electron chi connectivity index (χ0n) is 18.6. The number of nitrogens with zero attached hydrogens (tertiary/aromatic N) is 2. The van der Waals surface area contributed by atoms with Crippen LogP contribution in [0.15, 0.2) is 62.9 Å². The molecule has 0 spiro atoms. The standard InChI is InChI=1S/C26H22BrClN2O2S/c1-14-5-7-20(9-16(14)3)29-26-30(21-8-6-15(2)17(4)10-21)25(32)23(33-26)12-18-11-19(28)13-22(27)24(18)31/h5-13,31H,1-4H3/b23-12-,29-26?. The molecule has 1 saturated heterocycles. The number of amidine groups is 1. The summed E-state index contributed by atoms with van der Waals surface area (Å²) in [6.45, 7) is 8.15. The predicted octanol–water partition coefficient (Wildman–Crippen LogP) is 7.85. The van der Waals surface area contributed by atoms with Crippen molar-refractivity contribution in [3.05, 3.63) is 90.7 Å². The Morgan fingerprint density at radius 2 is 1.64 bits per heavy atom. The first-order valence-electron chi connectivity index (χ1n) is 10.3. The lowest BCUT2D eigenvalue weighted by molar-refractivity contribution is -0.113. The Morgan fingerprint density at radius 3 is 2.30 bits per heavy atom. The molecule has 168 valence electrons. The Balaban J connectivity index is 1.84. The fourth-order valence-electron chi connectivity index (χ4n) is 3.38. The lowest BCUT2D eigenvalue weighted by Gasteiger charge is -2.17. The largest absolute Gasteiger partial charge is 0.506 e. The van der Waals surface area contributed by atoms with Crippen molar-refractivity contribution in [1.29, 1.82) is 0 Å². The number of carbonyl (C=O) groups is 1. The first-order chi connectivity index (χ1) is 15.6. The molecular formula is C26H22BrClN2O2S. The first-order valence-corrected chi connectivity index (χ1v) is 12.3. The van der Waals surface area contributed by atoms with Crippen LogP contribution < -0.4 is 4.90 Å². The molecule has 33 heavy (non-hydrogen) atoms. The quantitative estimate of drug-likeness (QED) is 0.344. The Hall–Kier alpha value is -2.54. The maximum Gasteiger partial charge on any atom is 0.271 e. The molecule has 4 rings (SSSR count). The summed E-state index contributed by atoms with van der Waals surface area (Å²) in [4.78, 5) is 20.4. The van der Waals surface area contributed by atoms with Gasteiger partial charge in [0.05, 0.1) is 20.8 Å². The van der Waals surface area contributed by atoms with Gasteiger partial charge in [0.25, 0.3) is 5.91 Å². The van der Waals surface area contributed by atoms with Crippen molar-refractivity contribution < 1.29 is 9.90 Å². The number of rotatable bonds is 3. The number of aromatic hydroxyl groups is 1. The molecule has 0 atom stereocenters. The van der Waals surface area contributed by atoms with Crippen LogP contribution in [0.25, 0.3) is 6.08 Å². The van der Waals surface area contributed by atoms with Crippen LogP contribution in [-0.2, 0) is 4.79 Å². The van der Waals surface area contributed by atoms with Crippen molar-refractivity contribution in [1.82, 2.24) is 0 Å². The van der Waals surface area contributed by atoms with Crippen LogP contribution in [0.5, 0.6) is 5.75 Å². The smallest absolute Gasteiger partial charge is 0.271 e. The first kappa shape index (κ1) is 23.6. The Labute approximate surface area is 211 Å². The highest BCUT2D eigenvalue weighted by molar-refractivity contribution is 9.10. The van der Waals surface area contributed by atoms with E-state index in [9.17, 15) is 9.90 Å². The van der Waals surface area contributed by atoms with E-state index in [1.54, 1.807) is 23.1 Å². The van der Waals surface area contributed by atoms with Crippen molar-refractivity contribution in [2.24, 2.45) is 4.99 Å². The third kappa shape index (κ3) is 4.88. The number of aliphatic imine (C=N–C) groups is 1. The summed E-state index contributed by atoms with van der Waals surface area (Å²) in [6, 6.07) is 15.1.